The number of benzene rings is 1. The Morgan fingerprint density at radius 1 is 1.45 bits per heavy atom. The van der Waals surface area contributed by atoms with Crippen LogP contribution in [0, 0.1) is 0 Å². The second-order valence-corrected chi connectivity index (χ2v) is 4.99. The maximum atomic E-state index is 11.8. The van der Waals surface area contributed by atoms with Crippen LogP contribution in [0.1, 0.15) is 41.5 Å². The Hall–Kier alpha value is -2.14. The molecule has 1 aromatic heterocycles. The van der Waals surface area contributed by atoms with Crippen molar-refractivity contribution in [2.75, 3.05) is 0 Å². The predicted molar refractivity (Wildman–Crippen MR) is 79.2 cm³/mol. The third-order valence-corrected chi connectivity index (χ3v) is 3.07. The lowest BCUT2D eigenvalue weighted by atomic mass is 10.1. The van der Waals surface area contributed by atoms with Gasteiger partial charge in [0.15, 0.2) is 5.69 Å². The summed E-state index contributed by atoms with van der Waals surface area (Å²) in [5, 5.41) is 11.2. The minimum Gasteiger partial charge on any atom is -0.282 e. The molecule has 1 aromatic carbocycles. The van der Waals surface area contributed by atoms with Crippen LogP contribution >= 0.6 is 11.6 Å². The SMILES string of the molecule is CC(C)c1cc(C(=O)NN=Cc2ccccc2Cl)n[nH]1. The number of halogens is 1. The molecule has 0 aliphatic heterocycles. The van der Waals surface area contributed by atoms with Crippen molar-refractivity contribution in [1.29, 1.82) is 0 Å². The highest BCUT2D eigenvalue weighted by molar-refractivity contribution is 6.33. The van der Waals surface area contributed by atoms with Crippen LogP contribution in [-0.2, 0) is 0 Å². The normalized spacial score (nSPS) is 11.2. The zero-order valence-electron chi connectivity index (χ0n) is 11.2. The fourth-order valence-corrected chi connectivity index (χ4v) is 1.73. The van der Waals surface area contributed by atoms with E-state index in [4.69, 9.17) is 11.6 Å². The van der Waals surface area contributed by atoms with Crippen molar-refractivity contribution in [3.8, 4) is 0 Å². The minimum absolute atomic E-state index is 0.288. The quantitative estimate of drug-likeness (QED) is 0.671. The lowest BCUT2D eigenvalue weighted by molar-refractivity contribution is 0.0950. The topological polar surface area (TPSA) is 70.1 Å². The van der Waals surface area contributed by atoms with E-state index in [1.807, 2.05) is 32.0 Å². The maximum Gasteiger partial charge on any atom is 0.291 e. The first-order valence-electron chi connectivity index (χ1n) is 6.21. The van der Waals surface area contributed by atoms with E-state index in [9.17, 15) is 4.79 Å². The lowest BCUT2D eigenvalue weighted by Gasteiger charge is -1.97. The number of hydrazone groups is 1. The fraction of sp³-hybridized carbons (Fsp3) is 0.214. The van der Waals surface area contributed by atoms with E-state index in [0.717, 1.165) is 11.3 Å². The minimum atomic E-state index is -0.364. The Balaban J connectivity index is 2.00. The molecule has 104 valence electrons. The molecule has 2 N–H and O–H groups in total. The molecule has 20 heavy (non-hydrogen) atoms. The van der Waals surface area contributed by atoms with E-state index in [1.165, 1.54) is 6.21 Å². The second-order valence-electron chi connectivity index (χ2n) is 4.58. The summed E-state index contributed by atoms with van der Waals surface area (Å²) < 4.78 is 0. The van der Waals surface area contributed by atoms with Crippen molar-refractivity contribution in [3.63, 3.8) is 0 Å². The first-order valence-corrected chi connectivity index (χ1v) is 6.59. The van der Waals surface area contributed by atoms with E-state index in [1.54, 1.807) is 12.1 Å². The summed E-state index contributed by atoms with van der Waals surface area (Å²) in [5.41, 5.74) is 4.37. The van der Waals surface area contributed by atoms with Crippen molar-refractivity contribution in [1.82, 2.24) is 15.6 Å². The second kappa shape index (κ2) is 6.34. The van der Waals surface area contributed by atoms with Gasteiger partial charge in [0.25, 0.3) is 5.91 Å². The number of carbonyl (C=O) groups excluding carboxylic acids is 1. The van der Waals surface area contributed by atoms with Gasteiger partial charge in [0, 0.05) is 16.3 Å². The zero-order valence-corrected chi connectivity index (χ0v) is 12.0. The highest BCUT2D eigenvalue weighted by atomic mass is 35.5. The van der Waals surface area contributed by atoms with Gasteiger partial charge in [0.05, 0.1) is 6.21 Å². The van der Waals surface area contributed by atoms with Crippen molar-refractivity contribution in [3.05, 3.63) is 52.3 Å². The molecule has 0 bridgehead atoms. The number of carbonyl (C=O) groups is 1. The van der Waals surface area contributed by atoms with Gasteiger partial charge in [0.1, 0.15) is 0 Å². The van der Waals surface area contributed by atoms with Gasteiger partial charge < -0.3 is 0 Å². The molecule has 0 aliphatic rings. The molecule has 0 fully saturated rings. The number of amides is 1. The van der Waals surface area contributed by atoms with E-state index in [0.29, 0.717) is 10.7 Å². The van der Waals surface area contributed by atoms with E-state index >= 15 is 0 Å². The van der Waals surface area contributed by atoms with Crippen LogP contribution < -0.4 is 5.43 Å². The average Bonchev–Trinajstić information content (AvgIpc) is 2.91. The monoisotopic (exact) mass is 290 g/mol. The Morgan fingerprint density at radius 2 is 2.20 bits per heavy atom. The predicted octanol–water partition coefficient (Wildman–Crippen LogP) is 2.95. The number of aromatic amines is 1. The third-order valence-electron chi connectivity index (χ3n) is 2.73. The van der Waals surface area contributed by atoms with Crippen LogP contribution in [0.25, 0.3) is 0 Å². The smallest absolute Gasteiger partial charge is 0.282 e. The number of aromatic nitrogens is 2. The fourth-order valence-electron chi connectivity index (χ4n) is 1.55. The summed E-state index contributed by atoms with van der Waals surface area (Å²) >= 11 is 5.97. The Labute approximate surface area is 122 Å². The number of nitrogens with zero attached hydrogens (tertiary/aromatic N) is 2. The first-order chi connectivity index (χ1) is 9.58. The van der Waals surface area contributed by atoms with Crippen molar-refractivity contribution in [2.45, 2.75) is 19.8 Å². The van der Waals surface area contributed by atoms with Gasteiger partial charge in [-0.2, -0.15) is 10.2 Å². The third kappa shape index (κ3) is 3.45. The molecule has 0 spiro atoms. The van der Waals surface area contributed by atoms with Crippen LogP contribution in [0.3, 0.4) is 0 Å². The molecule has 1 heterocycles. The summed E-state index contributed by atoms with van der Waals surface area (Å²) in [6, 6.07) is 8.95. The molecule has 0 aliphatic carbocycles. The van der Waals surface area contributed by atoms with Gasteiger partial charge in [-0.3, -0.25) is 9.89 Å². The molecular weight excluding hydrogens is 276 g/mol. The molecule has 2 aromatic rings. The molecule has 6 heteroatoms. The molecule has 2 rings (SSSR count). The van der Waals surface area contributed by atoms with Crippen molar-refractivity contribution in [2.24, 2.45) is 5.10 Å². The number of hydrogen-bond donors (Lipinski definition) is 2. The number of H-pyrrole nitrogens is 1. The van der Waals surface area contributed by atoms with Gasteiger partial charge in [-0.1, -0.05) is 43.6 Å². The largest absolute Gasteiger partial charge is 0.291 e. The molecule has 0 saturated carbocycles. The van der Waals surface area contributed by atoms with Gasteiger partial charge >= 0.3 is 0 Å². The molecule has 0 atom stereocenters. The molecule has 0 saturated heterocycles. The first kappa shape index (κ1) is 14.3. The number of nitrogens with one attached hydrogen (secondary N) is 2. The van der Waals surface area contributed by atoms with Gasteiger partial charge in [-0.05, 0) is 18.1 Å². The zero-order chi connectivity index (χ0) is 14.5. The molecular formula is C14H15ClN4O. The van der Waals surface area contributed by atoms with Crippen LogP contribution in [0.4, 0.5) is 0 Å². The maximum absolute atomic E-state index is 11.8. The Bertz CT molecular complexity index is 634. The lowest BCUT2D eigenvalue weighted by Crippen LogP contribution is -2.18. The van der Waals surface area contributed by atoms with Crippen LogP contribution in [0.15, 0.2) is 35.4 Å². The molecule has 0 unspecified atom stereocenters. The van der Waals surface area contributed by atoms with Gasteiger partial charge in [0.2, 0.25) is 0 Å². The molecule has 0 radical (unpaired) electrons. The Morgan fingerprint density at radius 3 is 2.85 bits per heavy atom. The molecule has 5 nitrogen and oxygen atoms in total. The van der Waals surface area contributed by atoms with Gasteiger partial charge in [-0.25, -0.2) is 5.43 Å². The Kier molecular flexibility index (Phi) is 4.53. The van der Waals surface area contributed by atoms with Crippen LogP contribution in [0.5, 0.6) is 0 Å². The van der Waals surface area contributed by atoms with E-state index < -0.39 is 0 Å². The average molecular weight is 291 g/mol. The summed E-state index contributed by atoms with van der Waals surface area (Å²) in [4.78, 5) is 11.8. The van der Waals surface area contributed by atoms with Crippen molar-refractivity contribution < 1.29 is 4.79 Å². The van der Waals surface area contributed by atoms with Gasteiger partial charge in [-0.15, -0.1) is 0 Å². The van der Waals surface area contributed by atoms with Crippen molar-refractivity contribution >= 4 is 23.7 Å². The number of hydrogen-bond acceptors (Lipinski definition) is 3. The van der Waals surface area contributed by atoms with Crippen LogP contribution in [-0.4, -0.2) is 22.3 Å². The van der Waals surface area contributed by atoms with Crippen LogP contribution in [0.2, 0.25) is 5.02 Å². The summed E-state index contributed by atoms with van der Waals surface area (Å²) in [6.45, 7) is 4.04. The summed E-state index contributed by atoms with van der Waals surface area (Å²) in [6.07, 6.45) is 1.50. The van der Waals surface area contributed by atoms with E-state index in [-0.39, 0.29) is 11.8 Å². The highest BCUT2D eigenvalue weighted by Crippen LogP contribution is 2.13. The van der Waals surface area contributed by atoms with E-state index in [2.05, 4.69) is 20.7 Å². The highest BCUT2D eigenvalue weighted by Gasteiger charge is 2.11. The summed E-state index contributed by atoms with van der Waals surface area (Å²) in [7, 11) is 0. The number of rotatable bonds is 4. The summed E-state index contributed by atoms with van der Waals surface area (Å²) in [5.74, 6) is -0.0767. The molecule has 1 amide bonds. The standard InChI is InChI=1S/C14H15ClN4O/c1-9(2)12-7-13(18-17-12)14(20)19-16-8-10-5-3-4-6-11(10)15/h3-9H,1-2H3,(H,17,18)(H,19,20).